The van der Waals surface area contributed by atoms with E-state index in [0.717, 1.165) is 38.5 Å². The Morgan fingerprint density at radius 2 is 1.00 bits per heavy atom. The lowest BCUT2D eigenvalue weighted by atomic mass is 10.0. The third-order valence-electron chi connectivity index (χ3n) is 9.38. The van der Waals surface area contributed by atoms with E-state index >= 15 is 0 Å². The molecular formula is C46H86NO7P. The van der Waals surface area contributed by atoms with Gasteiger partial charge in [0.1, 0.15) is 19.3 Å². The lowest BCUT2D eigenvalue weighted by Gasteiger charge is -2.28. The predicted molar refractivity (Wildman–Crippen MR) is 231 cm³/mol. The summed E-state index contributed by atoms with van der Waals surface area (Å²) in [4.78, 5) is 25.0. The fourth-order valence-corrected chi connectivity index (χ4v) is 6.62. The third kappa shape index (κ3) is 43.4. The summed E-state index contributed by atoms with van der Waals surface area (Å²) >= 11 is 0. The number of unbranched alkanes of at least 4 members (excludes halogenated alkanes) is 19. The summed E-state index contributed by atoms with van der Waals surface area (Å²) in [5, 5.41) is 0. The first-order valence-electron chi connectivity index (χ1n) is 22.4. The van der Waals surface area contributed by atoms with E-state index in [1.165, 1.54) is 116 Å². The molecule has 0 amide bonds. The molecule has 0 aromatic rings. The van der Waals surface area contributed by atoms with Crippen LogP contribution in [0.4, 0.5) is 0 Å². The fraction of sp³-hybridized carbons (Fsp3) is 0.804. The second-order valence-corrected chi connectivity index (χ2v) is 17.5. The summed E-state index contributed by atoms with van der Waals surface area (Å²) in [5.41, 5.74) is 0. The van der Waals surface area contributed by atoms with Gasteiger partial charge >= 0.3 is 5.97 Å². The average molecular weight is 796 g/mol. The Balaban J connectivity index is 4.32. The van der Waals surface area contributed by atoms with E-state index in [9.17, 15) is 14.3 Å². The Labute approximate surface area is 339 Å². The van der Waals surface area contributed by atoms with Crippen molar-refractivity contribution < 1.29 is 37.3 Å². The highest BCUT2D eigenvalue weighted by Crippen LogP contribution is 2.38. The first-order chi connectivity index (χ1) is 26.6. The summed E-state index contributed by atoms with van der Waals surface area (Å²) in [6.07, 6.45) is 47.0. The van der Waals surface area contributed by atoms with Crippen molar-refractivity contribution in [2.24, 2.45) is 0 Å². The van der Waals surface area contributed by atoms with Crippen LogP contribution in [0, 0.1) is 0 Å². The number of quaternary nitrogens is 1. The average Bonchev–Trinajstić information content (AvgIpc) is 3.13. The number of hydrogen-bond acceptors (Lipinski definition) is 7. The van der Waals surface area contributed by atoms with Gasteiger partial charge in [-0.2, -0.15) is 0 Å². The second-order valence-electron chi connectivity index (χ2n) is 16.1. The Kier molecular flexibility index (Phi) is 38.2. The van der Waals surface area contributed by atoms with Gasteiger partial charge in [-0.15, -0.1) is 0 Å². The highest BCUT2D eigenvalue weighted by atomic mass is 31.2. The monoisotopic (exact) mass is 796 g/mol. The van der Waals surface area contributed by atoms with Crippen molar-refractivity contribution in [3.8, 4) is 0 Å². The van der Waals surface area contributed by atoms with Crippen LogP contribution >= 0.6 is 7.82 Å². The van der Waals surface area contributed by atoms with Crippen molar-refractivity contribution >= 4 is 13.8 Å². The molecule has 0 aliphatic heterocycles. The Morgan fingerprint density at radius 3 is 1.49 bits per heavy atom. The number of allylic oxidation sites excluding steroid dienone is 8. The topological polar surface area (TPSA) is 94.1 Å². The molecule has 0 rings (SSSR count). The number of ether oxygens (including phenoxy) is 2. The normalized spacial score (nSPS) is 14.2. The van der Waals surface area contributed by atoms with Gasteiger partial charge in [-0.25, -0.2) is 0 Å². The lowest BCUT2D eigenvalue weighted by Crippen LogP contribution is -2.37. The summed E-state index contributed by atoms with van der Waals surface area (Å²) in [7, 11) is 1.32. The number of esters is 1. The standard InChI is InChI=1S/C46H86NO7P/c1-6-8-10-12-14-16-18-20-22-24-25-27-29-31-33-35-37-39-46(48)54-45(44-53-55(49,50)52-42-40-47(3,4)5)43-51-41-38-36-34-32-30-28-26-23-21-19-17-15-13-11-9-7-2/h14,16,20,22,25,27,31,33,45H,6-13,15,17-19,21,23-24,26,28-30,32,34-44H2,1-5H3/b16-14+,22-20+,27-25+,33-31+. The molecule has 0 N–H and O–H groups in total. The van der Waals surface area contributed by atoms with Gasteiger partial charge in [0.25, 0.3) is 7.82 Å². The molecule has 0 saturated carbocycles. The molecule has 0 saturated heterocycles. The van der Waals surface area contributed by atoms with Crippen LogP contribution in [0.5, 0.6) is 0 Å². The molecule has 0 spiro atoms. The number of nitrogens with zero attached hydrogens (tertiary/aromatic N) is 1. The van der Waals surface area contributed by atoms with E-state index in [-0.39, 0.29) is 32.2 Å². The molecule has 0 aromatic carbocycles. The van der Waals surface area contributed by atoms with Crippen LogP contribution in [0.3, 0.4) is 0 Å². The SMILES string of the molecule is CCCCC/C=C/C/C=C/C/C=C/C/C=C/CCCC(=O)OC(COCCCCCCCCCCCCCCCCCC)COP(=O)([O-])OCC[N+](C)(C)C. The van der Waals surface area contributed by atoms with Crippen molar-refractivity contribution in [2.45, 2.75) is 187 Å². The molecule has 2 atom stereocenters. The highest BCUT2D eigenvalue weighted by Gasteiger charge is 2.20. The van der Waals surface area contributed by atoms with Crippen LogP contribution in [-0.4, -0.2) is 70.7 Å². The third-order valence-corrected chi connectivity index (χ3v) is 10.3. The fourth-order valence-electron chi connectivity index (χ4n) is 5.89. The van der Waals surface area contributed by atoms with Crippen LogP contribution in [0.2, 0.25) is 0 Å². The molecule has 0 aromatic heterocycles. The zero-order chi connectivity index (χ0) is 40.6. The summed E-state index contributed by atoms with van der Waals surface area (Å²) < 4.78 is 34.5. The molecule has 0 bridgehead atoms. The summed E-state index contributed by atoms with van der Waals surface area (Å²) in [6.45, 7) is 5.32. The van der Waals surface area contributed by atoms with Gasteiger partial charge < -0.3 is 27.9 Å². The number of likely N-dealkylation sites (N-methyl/N-ethyl adjacent to an activating group) is 1. The van der Waals surface area contributed by atoms with Crippen LogP contribution < -0.4 is 4.89 Å². The number of hydrogen-bond donors (Lipinski definition) is 0. The van der Waals surface area contributed by atoms with E-state index in [1.807, 2.05) is 21.1 Å². The summed E-state index contributed by atoms with van der Waals surface area (Å²) in [6, 6.07) is 0. The smallest absolute Gasteiger partial charge is 0.306 e. The van der Waals surface area contributed by atoms with Crippen LogP contribution in [0.25, 0.3) is 0 Å². The number of carbonyl (C=O) groups excluding carboxylic acids is 1. The maximum absolute atomic E-state index is 12.7. The van der Waals surface area contributed by atoms with Gasteiger partial charge in [0.05, 0.1) is 34.4 Å². The van der Waals surface area contributed by atoms with Gasteiger partial charge in [-0.3, -0.25) is 9.36 Å². The van der Waals surface area contributed by atoms with Crippen molar-refractivity contribution in [2.75, 3.05) is 54.1 Å². The Hall–Kier alpha value is -1.54. The predicted octanol–water partition coefficient (Wildman–Crippen LogP) is 12.5. The van der Waals surface area contributed by atoms with E-state index in [2.05, 4.69) is 62.5 Å². The molecule has 0 radical (unpaired) electrons. The van der Waals surface area contributed by atoms with E-state index in [4.69, 9.17) is 18.5 Å². The molecule has 0 aliphatic carbocycles. The van der Waals surface area contributed by atoms with Crippen molar-refractivity contribution in [1.82, 2.24) is 0 Å². The van der Waals surface area contributed by atoms with Crippen molar-refractivity contribution in [1.29, 1.82) is 0 Å². The van der Waals surface area contributed by atoms with Gasteiger partial charge in [0.15, 0.2) is 0 Å². The molecule has 0 aliphatic rings. The van der Waals surface area contributed by atoms with E-state index in [0.29, 0.717) is 24.1 Å². The molecule has 9 heteroatoms. The molecule has 0 heterocycles. The van der Waals surface area contributed by atoms with Gasteiger partial charge in [0, 0.05) is 13.0 Å². The van der Waals surface area contributed by atoms with E-state index in [1.54, 1.807) is 0 Å². The molecule has 8 nitrogen and oxygen atoms in total. The quantitative estimate of drug-likeness (QED) is 0.0200. The molecule has 55 heavy (non-hydrogen) atoms. The first kappa shape index (κ1) is 53.5. The van der Waals surface area contributed by atoms with Gasteiger partial charge in [0.2, 0.25) is 0 Å². The minimum absolute atomic E-state index is 0.0158. The minimum atomic E-state index is -4.54. The largest absolute Gasteiger partial charge is 0.756 e. The number of rotatable bonds is 41. The maximum Gasteiger partial charge on any atom is 0.306 e. The Bertz CT molecular complexity index is 1020. The molecule has 322 valence electrons. The second kappa shape index (κ2) is 39.3. The number of phosphoric ester groups is 1. The van der Waals surface area contributed by atoms with Gasteiger partial charge in [-0.1, -0.05) is 172 Å². The zero-order valence-electron chi connectivity index (χ0n) is 36.4. The number of carbonyl (C=O) groups is 1. The zero-order valence-corrected chi connectivity index (χ0v) is 37.3. The highest BCUT2D eigenvalue weighted by molar-refractivity contribution is 7.45. The Morgan fingerprint density at radius 1 is 0.564 bits per heavy atom. The maximum atomic E-state index is 12.7. The van der Waals surface area contributed by atoms with Crippen LogP contribution in [-0.2, 0) is 27.9 Å². The molecule has 0 fully saturated rings. The van der Waals surface area contributed by atoms with E-state index < -0.39 is 13.9 Å². The number of phosphoric acid groups is 1. The van der Waals surface area contributed by atoms with Gasteiger partial charge in [-0.05, 0) is 51.4 Å². The summed E-state index contributed by atoms with van der Waals surface area (Å²) in [5.74, 6) is -0.387. The van der Waals surface area contributed by atoms with Crippen molar-refractivity contribution in [3.05, 3.63) is 48.6 Å². The van der Waals surface area contributed by atoms with Crippen molar-refractivity contribution in [3.63, 3.8) is 0 Å². The minimum Gasteiger partial charge on any atom is -0.756 e. The molecular weight excluding hydrogens is 709 g/mol. The van der Waals surface area contributed by atoms with Crippen LogP contribution in [0.1, 0.15) is 181 Å². The van der Waals surface area contributed by atoms with Crippen LogP contribution in [0.15, 0.2) is 48.6 Å². The lowest BCUT2D eigenvalue weighted by molar-refractivity contribution is -0.870. The first-order valence-corrected chi connectivity index (χ1v) is 23.8. The molecule has 2 unspecified atom stereocenters.